The zero-order valence-corrected chi connectivity index (χ0v) is 29.9. The van der Waals surface area contributed by atoms with E-state index in [0.29, 0.717) is 17.9 Å². The molecule has 14 heteroatoms. The van der Waals surface area contributed by atoms with Crippen molar-refractivity contribution in [2.75, 3.05) is 56.5 Å². The predicted molar refractivity (Wildman–Crippen MR) is 193 cm³/mol. The molecule has 3 amide bonds. The standard InChI is InChI=1S/C37H45ClN8O5/c1-43-22-26(19-27(23-43)41-29-21-40-44(2)36(50)33(29)38)24-3-5-25(6-4-24)35(49)46-17-13-37(14-18-46)11-15-45(16-12-37)31-9-7-28(20-39-31)51-30-8-10-32(47)42-34(30)48/h3-7,9,20-21,26-27,30,41H,8,10-19,22-23H2,1-2H3,(H,42,47,48)/t26-,27+,30?/m1/s1. The number of imide groups is 1. The molecule has 1 unspecified atom stereocenters. The summed E-state index contributed by atoms with van der Waals surface area (Å²) in [7, 11) is 3.67. The van der Waals surface area contributed by atoms with Crippen molar-refractivity contribution in [3.63, 3.8) is 0 Å². The highest BCUT2D eigenvalue weighted by atomic mass is 35.5. The number of likely N-dealkylation sites (N-methyl/N-ethyl adjacent to an activating group) is 1. The number of pyridine rings is 1. The van der Waals surface area contributed by atoms with Gasteiger partial charge in [-0.15, -0.1) is 0 Å². The Morgan fingerprint density at radius 3 is 2.37 bits per heavy atom. The van der Waals surface area contributed by atoms with Gasteiger partial charge in [0.1, 0.15) is 16.6 Å². The lowest BCUT2D eigenvalue weighted by Gasteiger charge is -2.47. The van der Waals surface area contributed by atoms with E-state index in [0.717, 1.165) is 82.8 Å². The highest BCUT2D eigenvalue weighted by Gasteiger charge is 2.39. The van der Waals surface area contributed by atoms with E-state index >= 15 is 0 Å². The van der Waals surface area contributed by atoms with Crippen LogP contribution in [0.4, 0.5) is 11.5 Å². The zero-order chi connectivity index (χ0) is 35.7. The van der Waals surface area contributed by atoms with Crippen LogP contribution in [-0.2, 0) is 16.6 Å². The largest absolute Gasteiger partial charge is 0.479 e. The lowest BCUT2D eigenvalue weighted by molar-refractivity contribution is -0.138. The molecule has 6 heterocycles. The van der Waals surface area contributed by atoms with E-state index in [1.54, 1.807) is 19.4 Å². The van der Waals surface area contributed by atoms with Crippen LogP contribution in [0.5, 0.6) is 5.75 Å². The van der Waals surface area contributed by atoms with Crippen molar-refractivity contribution in [1.29, 1.82) is 0 Å². The van der Waals surface area contributed by atoms with Crippen molar-refractivity contribution in [1.82, 2.24) is 29.9 Å². The molecule has 0 bridgehead atoms. The SMILES string of the molecule is CN1C[C@@H](Nc2cnn(C)c(=O)c2Cl)C[C@@H](c2ccc(C(=O)N3CCC4(CC3)CCN(c3ccc(OC5CCC(=O)NC5=O)cn3)CC4)cc2)C1. The first-order valence-corrected chi connectivity index (χ1v) is 18.2. The van der Waals surface area contributed by atoms with Gasteiger partial charge in [-0.05, 0) is 80.3 Å². The average molecular weight is 717 g/mol. The molecule has 0 radical (unpaired) electrons. The Bertz CT molecular complexity index is 1820. The summed E-state index contributed by atoms with van der Waals surface area (Å²) in [5.74, 6) is 1.08. The van der Waals surface area contributed by atoms with Crippen LogP contribution in [0.25, 0.3) is 0 Å². The summed E-state index contributed by atoms with van der Waals surface area (Å²) in [5.41, 5.74) is 2.37. The Morgan fingerprint density at radius 1 is 0.961 bits per heavy atom. The molecule has 0 saturated carbocycles. The van der Waals surface area contributed by atoms with Gasteiger partial charge in [0.2, 0.25) is 5.91 Å². The highest BCUT2D eigenvalue weighted by Crippen LogP contribution is 2.42. The number of halogens is 1. The Hall–Kier alpha value is -4.49. The summed E-state index contributed by atoms with van der Waals surface area (Å²) < 4.78 is 7.01. The van der Waals surface area contributed by atoms with Gasteiger partial charge in [-0.1, -0.05) is 23.7 Å². The normalized spacial score (nSPS) is 23.9. The molecule has 4 aliphatic heterocycles. The molecule has 1 aromatic carbocycles. The zero-order valence-electron chi connectivity index (χ0n) is 29.1. The minimum atomic E-state index is -0.679. The predicted octanol–water partition coefficient (Wildman–Crippen LogP) is 3.44. The molecule has 7 rings (SSSR count). The first-order chi connectivity index (χ1) is 24.6. The molecule has 270 valence electrons. The summed E-state index contributed by atoms with van der Waals surface area (Å²) in [5, 5.41) is 10.0. The number of hydrogen-bond donors (Lipinski definition) is 2. The number of ether oxygens (including phenoxy) is 1. The second-order valence-electron chi connectivity index (χ2n) is 14.6. The van der Waals surface area contributed by atoms with Crippen LogP contribution >= 0.6 is 11.6 Å². The lowest BCUT2D eigenvalue weighted by Crippen LogP contribution is -2.48. The van der Waals surface area contributed by atoms with Gasteiger partial charge < -0.3 is 24.8 Å². The number of aryl methyl sites for hydroxylation is 1. The van der Waals surface area contributed by atoms with Gasteiger partial charge in [-0.2, -0.15) is 5.10 Å². The molecule has 51 heavy (non-hydrogen) atoms. The summed E-state index contributed by atoms with van der Waals surface area (Å²) in [6.07, 6.45) is 8.16. The molecule has 13 nitrogen and oxygen atoms in total. The van der Waals surface area contributed by atoms with E-state index in [1.807, 2.05) is 29.2 Å². The van der Waals surface area contributed by atoms with Crippen LogP contribution in [-0.4, -0.2) is 101 Å². The number of carbonyl (C=O) groups is 3. The number of carbonyl (C=O) groups excluding carboxylic acids is 3. The van der Waals surface area contributed by atoms with Gasteiger partial charge in [-0.25, -0.2) is 9.67 Å². The number of amides is 3. The maximum Gasteiger partial charge on any atom is 0.287 e. The van der Waals surface area contributed by atoms with Crippen molar-refractivity contribution < 1.29 is 19.1 Å². The van der Waals surface area contributed by atoms with Crippen LogP contribution in [0.3, 0.4) is 0 Å². The van der Waals surface area contributed by atoms with E-state index in [9.17, 15) is 19.2 Å². The minimum absolute atomic E-state index is 0.0887. The number of rotatable bonds is 7. The van der Waals surface area contributed by atoms with Crippen LogP contribution in [0, 0.1) is 5.41 Å². The Morgan fingerprint density at radius 2 is 1.69 bits per heavy atom. The number of likely N-dealkylation sites (tertiary alicyclic amines) is 2. The smallest absolute Gasteiger partial charge is 0.287 e. The third kappa shape index (κ3) is 7.74. The fraction of sp³-hybridized carbons (Fsp3) is 0.514. The van der Waals surface area contributed by atoms with Gasteiger partial charge in [0.25, 0.3) is 17.4 Å². The fourth-order valence-corrected chi connectivity index (χ4v) is 8.28. The Labute approximate surface area is 302 Å². The van der Waals surface area contributed by atoms with Crippen LogP contribution in [0.1, 0.15) is 66.8 Å². The van der Waals surface area contributed by atoms with E-state index in [4.69, 9.17) is 16.3 Å². The first kappa shape index (κ1) is 34.9. The number of benzene rings is 1. The van der Waals surface area contributed by atoms with Crippen molar-refractivity contribution in [3.8, 4) is 5.75 Å². The maximum absolute atomic E-state index is 13.6. The molecule has 2 N–H and O–H groups in total. The van der Waals surface area contributed by atoms with Gasteiger partial charge in [-0.3, -0.25) is 24.5 Å². The molecular formula is C37H45ClN8O5. The highest BCUT2D eigenvalue weighted by molar-refractivity contribution is 6.32. The molecule has 4 fully saturated rings. The second kappa shape index (κ2) is 14.6. The van der Waals surface area contributed by atoms with Crippen molar-refractivity contribution in [2.45, 2.75) is 63.0 Å². The van der Waals surface area contributed by atoms with E-state index in [1.165, 1.54) is 10.2 Å². The maximum atomic E-state index is 13.6. The molecule has 3 aromatic rings. The average Bonchev–Trinajstić information content (AvgIpc) is 3.14. The number of anilines is 2. The number of nitrogens with zero attached hydrogens (tertiary/aromatic N) is 6. The van der Waals surface area contributed by atoms with Crippen molar-refractivity contribution in [3.05, 3.63) is 75.3 Å². The van der Waals surface area contributed by atoms with Crippen molar-refractivity contribution >= 4 is 40.8 Å². The number of aromatic nitrogens is 3. The van der Waals surface area contributed by atoms with E-state index < -0.39 is 12.0 Å². The van der Waals surface area contributed by atoms with E-state index in [-0.39, 0.29) is 46.2 Å². The third-order valence-electron chi connectivity index (χ3n) is 11.1. The Kier molecular flexibility index (Phi) is 10.0. The van der Waals surface area contributed by atoms with Crippen LogP contribution < -0.4 is 25.8 Å². The first-order valence-electron chi connectivity index (χ1n) is 17.8. The molecule has 0 aliphatic carbocycles. The van der Waals surface area contributed by atoms with Gasteiger partial charge in [0.15, 0.2) is 6.10 Å². The quantitative estimate of drug-likeness (QED) is 0.350. The topological polar surface area (TPSA) is 142 Å². The molecule has 4 saturated heterocycles. The summed E-state index contributed by atoms with van der Waals surface area (Å²) >= 11 is 6.32. The number of nitrogens with one attached hydrogen (secondary N) is 2. The molecule has 2 aromatic heterocycles. The van der Waals surface area contributed by atoms with Crippen LogP contribution in [0.2, 0.25) is 5.02 Å². The molecule has 4 aliphatic rings. The summed E-state index contributed by atoms with van der Waals surface area (Å²) in [6, 6.07) is 12.0. The monoisotopic (exact) mass is 716 g/mol. The number of piperidine rings is 4. The summed E-state index contributed by atoms with van der Waals surface area (Å²) in [4.78, 5) is 60.4. The lowest BCUT2D eigenvalue weighted by atomic mass is 9.71. The second-order valence-corrected chi connectivity index (χ2v) is 15.0. The van der Waals surface area contributed by atoms with Crippen molar-refractivity contribution in [2.24, 2.45) is 12.5 Å². The molecule has 1 spiro atoms. The Balaban J connectivity index is 0.887. The van der Waals surface area contributed by atoms with Gasteiger partial charge in [0.05, 0.1) is 18.1 Å². The summed E-state index contributed by atoms with van der Waals surface area (Å²) in [6.45, 7) is 5.03. The number of hydrogen-bond acceptors (Lipinski definition) is 10. The third-order valence-corrected chi connectivity index (χ3v) is 11.5. The molecular weight excluding hydrogens is 672 g/mol. The minimum Gasteiger partial charge on any atom is -0.479 e. The van der Waals surface area contributed by atoms with Crippen LogP contribution in [0.15, 0.2) is 53.6 Å². The van der Waals surface area contributed by atoms with Gasteiger partial charge in [0, 0.05) is 70.8 Å². The van der Waals surface area contributed by atoms with Gasteiger partial charge >= 0.3 is 0 Å². The van der Waals surface area contributed by atoms with E-state index in [2.05, 4.69) is 49.7 Å². The molecule has 3 atom stereocenters. The fourth-order valence-electron chi connectivity index (χ4n) is 8.05.